The minimum Gasteiger partial charge on any atom is -0.456 e. The molecule has 1 unspecified atom stereocenters. The van der Waals surface area contributed by atoms with Crippen LogP contribution in [-0.2, 0) is 9.53 Å². The van der Waals surface area contributed by atoms with Gasteiger partial charge in [-0.25, -0.2) is 4.79 Å². The fourth-order valence-corrected chi connectivity index (χ4v) is 4.69. The summed E-state index contributed by atoms with van der Waals surface area (Å²) in [5.41, 5.74) is 4.70. The number of carbonyl (C=O) groups excluding carboxylic acids is 4. The Bertz CT molecular complexity index is 1320. The molecule has 7 nitrogen and oxygen atoms in total. The lowest BCUT2D eigenvalue weighted by Crippen LogP contribution is -2.46. The minimum atomic E-state index is -1.11. The first kappa shape index (κ1) is 25.1. The van der Waals surface area contributed by atoms with Gasteiger partial charge in [0.05, 0.1) is 11.1 Å². The van der Waals surface area contributed by atoms with Crippen LogP contribution in [0.15, 0.2) is 54.6 Å². The lowest BCUT2D eigenvalue weighted by Gasteiger charge is -2.25. The van der Waals surface area contributed by atoms with Gasteiger partial charge in [-0.15, -0.1) is 0 Å². The number of aromatic nitrogens is 1. The van der Waals surface area contributed by atoms with Crippen LogP contribution in [0.25, 0.3) is 5.69 Å². The van der Waals surface area contributed by atoms with Gasteiger partial charge in [-0.05, 0) is 63.4 Å². The number of ether oxygens (including phenoxy) is 1. The fraction of sp³-hybridized carbons (Fsp3) is 0.310. The van der Waals surface area contributed by atoms with E-state index < -0.39 is 30.4 Å². The molecular formula is C29H30N2O5. The number of nitrogens with zero attached hydrogens (tertiary/aromatic N) is 2. The van der Waals surface area contributed by atoms with Gasteiger partial charge in [-0.2, -0.15) is 0 Å². The number of fused-ring (bicyclic) bond motifs is 1. The molecule has 7 heteroatoms. The number of amides is 2. The third-order valence-electron chi connectivity index (χ3n) is 6.47. The summed E-state index contributed by atoms with van der Waals surface area (Å²) in [7, 11) is 0. The summed E-state index contributed by atoms with van der Waals surface area (Å²) in [5, 5.41) is 0. The maximum Gasteiger partial charge on any atom is 0.329 e. The summed E-state index contributed by atoms with van der Waals surface area (Å²) in [4.78, 5) is 53.1. The first-order valence-corrected chi connectivity index (χ1v) is 12.0. The van der Waals surface area contributed by atoms with Crippen molar-refractivity contribution in [2.24, 2.45) is 5.92 Å². The van der Waals surface area contributed by atoms with Gasteiger partial charge in [0.25, 0.3) is 11.8 Å². The number of benzene rings is 2. The van der Waals surface area contributed by atoms with Gasteiger partial charge >= 0.3 is 5.97 Å². The topological polar surface area (TPSA) is 85.7 Å². The molecule has 0 N–H and O–H groups in total. The quantitative estimate of drug-likeness (QED) is 0.258. The Morgan fingerprint density at radius 1 is 0.889 bits per heavy atom. The molecule has 36 heavy (non-hydrogen) atoms. The van der Waals surface area contributed by atoms with E-state index >= 15 is 0 Å². The molecule has 2 heterocycles. The molecule has 1 aromatic heterocycles. The van der Waals surface area contributed by atoms with E-state index in [4.69, 9.17) is 4.74 Å². The van der Waals surface area contributed by atoms with Gasteiger partial charge in [0.15, 0.2) is 6.61 Å². The van der Waals surface area contributed by atoms with Crippen molar-refractivity contribution in [3.8, 4) is 5.69 Å². The first-order valence-electron chi connectivity index (χ1n) is 12.0. The minimum absolute atomic E-state index is 0.0102. The van der Waals surface area contributed by atoms with Crippen molar-refractivity contribution in [2.45, 2.75) is 47.1 Å². The van der Waals surface area contributed by atoms with E-state index in [2.05, 4.69) is 0 Å². The smallest absolute Gasteiger partial charge is 0.329 e. The van der Waals surface area contributed by atoms with E-state index in [1.165, 1.54) is 0 Å². The summed E-state index contributed by atoms with van der Waals surface area (Å²) in [6.45, 7) is 9.08. The van der Waals surface area contributed by atoms with Crippen LogP contribution < -0.4 is 0 Å². The molecule has 0 saturated heterocycles. The molecular weight excluding hydrogens is 456 g/mol. The lowest BCUT2D eigenvalue weighted by atomic mass is 10.0. The molecule has 0 aliphatic carbocycles. The number of ketones is 1. The number of esters is 1. The first-order chi connectivity index (χ1) is 17.1. The Morgan fingerprint density at radius 2 is 1.47 bits per heavy atom. The van der Waals surface area contributed by atoms with Gasteiger partial charge < -0.3 is 9.30 Å². The van der Waals surface area contributed by atoms with Crippen LogP contribution in [0.5, 0.6) is 0 Å². The Hall–Kier alpha value is -4.00. The zero-order valence-electron chi connectivity index (χ0n) is 21.2. The van der Waals surface area contributed by atoms with Crippen LogP contribution in [0.2, 0.25) is 0 Å². The molecule has 4 rings (SSSR count). The van der Waals surface area contributed by atoms with E-state index in [1.807, 2.05) is 63.5 Å². The predicted octanol–water partition coefficient (Wildman–Crippen LogP) is 4.84. The van der Waals surface area contributed by atoms with Crippen LogP contribution in [0, 0.1) is 26.7 Å². The highest BCUT2D eigenvalue weighted by Crippen LogP contribution is 2.28. The third-order valence-corrected chi connectivity index (χ3v) is 6.47. The van der Waals surface area contributed by atoms with Crippen molar-refractivity contribution in [2.75, 3.05) is 6.61 Å². The summed E-state index contributed by atoms with van der Waals surface area (Å²) < 4.78 is 7.39. The van der Waals surface area contributed by atoms with Crippen molar-refractivity contribution >= 4 is 23.6 Å². The number of hydrogen-bond donors (Lipinski definition) is 0. The van der Waals surface area contributed by atoms with Crippen molar-refractivity contribution < 1.29 is 23.9 Å². The molecule has 1 aliphatic heterocycles. The molecule has 1 atom stereocenters. The van der Waals surface area contributed by atoms with E-state index in [1.54, 1.807) is 30.3 Å². The maximum atomic E-state index is 13.1. The average Bonchev–Trinajstić information content (AvgIpc) is 3.28. The largest absolute Gasteiger partial charge is 0.456 e. The van der Waals surface area contributed by atoms with Crippen molar-refractivity contribution in [1.29, 1.82) is 0 Å². The second kappa shape index (κ2) is 9.93. The van der Waals surface area contributed by atoms with Gasteiger partial charge in [-0.3, -0.25) is 19.3 Å². The monoisotopic (exact) mass is 486 g/mol. The zero-order chi connectivity index (χ0) is 26.1. The van der Waals surface area contributed by atoms with Crippen LogP contribution in [0.4, 0.5) is 0 Å². The predicted molar refractivity (Wildman–Crippen MR) is 135 cm³/mol. The number of aryl methyl sites for hydroxylation is 2. The summed E-state index contributed by atoms with van der Waals surface area (Å²) in [5.74, 6) is -2.15. The molecule has 0 radical (unpaired) electrons. The molecule has 1 aliphatic rings. The van der Waals surface area contributed by atoms with Crippen molar-refractivity contribution in [1.82, 2.24) is 9.47 Å². The van der Waals surface area contributed by atoms with E-state index in [-0.39, 0.29) is 29.2 Å². The van der Waals surface area contributed by atoms with Crippen LogP contribution in [0.3, 0.4) is 0 Å². The standard InChI is InChI=1S/C29H30N2O5/c1-17(2)14-25(31-27(33)22-8-6-7-9-23(22)28(31)34)29(35)36-16-26(32)24-15-19(4)30(20(24)5)21-12-10-18(3)11-13-21/h6-13,15,17,25H,14,16H2,1-5H3. The molecule has 186 valence electrons. The molecule has 0 spiro atoms. The second-order valence-corrected chi connectivity index (χ2v) is 9.66. The van der Waals surface area contributed by atoms with Crippen molar-refractivity contribution in [3.63, 3.8) is 0 Å². The second-order valence-electron chi connectivity index (χ2n) is 9.66. The van der Waals surface area contributed by atoms with Gasteiger partial charge in [0.2, 0.25) is 5.78 Å². The van der Waals surface area contributed by atoms with Gasteiger partial charge in [0.1, 0.15) is 6.04 Å². The van der Waals surface area contributed by atoms with E-state index in [0.717, 1.165) is 27.5 Å². The Morgan fingerprint density at radius 3 is 2.03 bits per heavy atom. The molecule has 3 aromatic rings. The molecule has 0 fully saturated rings. The van der Waals surface area contributed by atoms with Crippen molar-refractivity contribution in [3.05, 3.63) is 88.2 Å². The van der Waals surface area contributed by atoms with Crippen LogP contribution in [-0.4, -0.2) is 45.7 Å². The summed E-state index contributed by atoms with van der Waals surface area (Å²) in [6, 6.07) is 15.2. The third kappa shape index (κ3) is 4.61. The Labute approximate surface area is 210 Å². The maximum absolute atomic E-state index is 13.1. The average molecular weight is 487 g/mol. The molecule has 2 amide bonds. The van der Waals surface area contributed by atoms with Gasteiger partial charge in [-0.1, -0.05) is 43.7 Å². The highest BCUT2D eigenvalue weighted by atomic mass is 16.5. The number of hydrogen-bond acceptors (Lipinski definition) is 5. The summed E-state index contributed by atoms with van der Waals surface area (Å²) >= 11 is 0. The molecule has 0 saturated carbocycles. The molecule has 0 bridgehead atoms. The number of imide groups is 1. The highest BCUT2D eigenvalue weighted by molar-refractivity contribution is 6.22. The Kier molecular flexibility index (Phi) is 6.93. The fourth-order valence-electron chi connectivity index (χ4n) is 4.69. The Balaban J connectivity index is 1.52. The number of carbonyl (C=O) groups is 4. The normalized spacial score (nSPS) is 13.8. The van der Waals surface area contributed by atoms with Gasteiger partial charge in [0, 0.05) is 22.6 Å². The molecule has 2 aromatic carbocycles. The van der Waals surface area contributed by atoms with E-state index in [9.17, 15) is 19.2 Å². The highest BCUT2D eigenvalue weighted by Gasteiger charge is 2.43. The van der Waals surface area contributed by atoms with Crippen LogP contribution in [0.1, 0.15) is 68.3 Å². The lowest BCUT2D eigenvalue weighted by molar-refractivity contribution is -0.147. The summed E-state index contributed by atoms with van der Waals surface area (Å²) in [6.07, 6.45) is 0.237. The number of rotatable bonds is 8. The number of Topliss-reactive ketones (excluding diaryl/α,β-unsaturated/α-hetero) is 1. The van der Waals surface area contributed by atoms with Crippen LogP contribution >= 0.6 is 0 Å². The zero-order valence-corrected chi connectivity index (χ0v) is 21.2. The SMILES string of the molecule is Cc1ccc(-n2c(C)cc(C(=O)COC(=O)C(CC(C)C)N3C(=O)c4ccccc4C3=O)c2C)cc1. The van der Waals surface area contributed by atoms with E-state index in [0.29, 0.717) is 5.56 Å².